The maximum atomic E-state index is 5.79. The number of nitrogens with zero attached hydrogens (tertiary/aromatic N) is 3. The summed E-state index contributed by atoms with van der Waals surface area (Å²) in [4.78, 5) is 2.21. The highest BCUT2D eigenvalue weighted by molar-refractivity contribution is 8.00. The van der Waals surface area contributed by atoms with Crippen molar-refractivity contribution < 1.29 is 4.42 Å². The van der Waals surface area contributed by atoms with E-state index in [4.69, 9.17) is 4.42 Å². The number of hydrogen-bond acceptors (Lipinski definition) is 6. The molecule has 0 spiro atoms. The Kier molecular flexibility index (Phi) is 4.73. The van der Waals surface area contributed by atoms with E-state index in [1.165, 1.54) is 0 Å². The number of rotatable bonds is 4. The van der Waals surface area contributed by atoms with Gasteiger partial charge in [-0.3, -0.25) is 0 Å². The highest BCUT2D eigenvalue weighted by Gasteiger charge is 2.26. The summed E-state index contributed by atoms with van der Waals surface area (Å²) in [5.74, 6) is 1.78. The third-order valence-corrected chi connectivity index (χ3v) is 4.79. The zero-order valence-corrected chi connectivity index (χ0v) is 13.1. The molecule has 0 aromatic carbocycles. The highest BCUT2D eigenvalue weighted by Crippen LogP contribution is 2.32. The van der Waals surface area contributed by atoms with Crippen LogP contribution in [-0.4, -0.2) is 40.3 Å². The summed E-state index contributed by atoms with van der Waals surface area (Å²) in [5.41, 5.74) is 0. The normalized spacial score (nSPS) is 21.2. The van der Waals surface area contributed by atoms with Gasteiger partial charge in [-0.25, -0.2) is 0 Å². The molecule has 1 aromatic rings. The van der Waals surface area contributed by atoms with Gasteiger partial charge in [0.1, 0.15) is 0 Å². The van der Waals surface area contributed by atoms with Crippen molar-refractivity contribution in [2.45, 2.75) is 44.9 Å². The fourth-order valence-electron chi connectivity index (χ4n) is 2.13. The van der Waals surface area contributed by atoms with E-state index in [0.717, 1.165) is 31.8 Å². The topological polar surface area (TPSA) is 54.2 Å². The third-order valence-electron chi connectivity index (χ3n) is 3.42. The molecule has 2 rings (SSSR count). The van der Waals surface area contributed by atoms with E-state index in [0.29, 0.717) is 16.7 Å². The van der Waals surface area contributed by atoms with Crippen LogP contribution in [0.3, 0.4) is 0 Å². The molecule has 1 aliphatic heterocycles. The van der Waals surface area contributed by atoms with E-state index in [1.54, 1.807) is 0 Å². The number of aromatic nitrogens is 2. The molecule has 1 aromatic heterocycles. The van der Waals surface area contributed by atoms with Crippen LogP contribution in [0.2, 0.25) is 0 Å². The smallest absolute Gasteiger partial charge is 0.318 e. The first-order chi connectivity index (χ1) is 9.02. The van der Waals surface area contributed by atoms with Crippen molar-refractivity contribution in [3.63, 3.8) is 0 Å². The van der Waals surface area contributed by atoms with Gasteiger partial charge in [0.15, 0.2) is 0 Å². The van der Waals surface area contributed by atoms with Crippen LogP contribution in [0.15, 0.2) is 4.42 Å². The predicted molar refractivity (Wildman–Crippen MR) is 79.8 cm³/mol. The van der Waals surface area contributed by atoms with Crippen LogP contribution < -0.4 is 10.2 Å². The van der Waals surface area contributed by atoms with E-state index >= 15 is 0 Å². The summed E-state index contributed by atoms with van der Waals surface area (Å²) in [5, 5.41) is 11.6. The molecule has 2 heterocycles. The van der Waals surface area contributed by atoms with Gasteiger partial charge in [-0.15, -0.1) is 5.10 Å². The Labute approximate surface area is 119 Å². The van der Waals surface area contributed by atoms with Gasteiger partial charge in [0.2, 0.25) is 5.89 Å². The Morgan fingerprint density at radius 1 is 1.42 bits per heavy atom. The summed E-state index contributed by atoms with van der Waals surface area (Å²) in [6, 6.07) is 0.780. The summed E-state index contributed by atoms with van der Waals surface area (Å²) in [6.45, 7) is 11.6. The fraction of sp³-hybridized carbons (Fsp3) is 0.846. The Hall–Kier alpha value is -0.750. The summed E-state index contributed by atoms with van der Waals surface area (Å²) in [7, 11) is 0. The van der Waals surface area contributed by atoms with Gasteiger partial charge in [-0.2, -0.15) is 11.8 Å². The standard InChI is InChI=1S/C13H24N4OS/c1-5-14-10(2)11-15-16-12(18-11)17-7-6-13(3,4)19-9-8-17/h10,14H,5-9H2,1-4H3. The zero-order valence-electron chi connectivity index (χ0n) is 12.3. The van der Waals surface area contributed by atoms with Crippen LogP contribution >= 0.6 is 11.8 Å². The van der Waals surface area contributed by atoms with E-state index in [2.05, 4.69) is 41.2 Å². The van der Waals surface area contributed by atoms with Crippen molar-refractivity contribution in [1.29, 1.82) is 0 Å². The number of thioether (sulfide) groups is 1. The molecular formula is C13H24N4OS. The molecule has 6 heteroatoms. The van der Waals surface area contributed by atoms with Crippen molar-refractivity contribution in [1.82, 2.24) is 15.5 Å². The number of hydrogen-bond donors (Lipinski definition) is 1. The van der Waals surface area contributed by atoms with Crippen LogP contribution in [0.1, 0.15) is 46.0 Å². The monoisotopic (exact) mass is 284 g/mol. The summed E-state index contributed by atoms with van der Waals surface area (Å²) >= 11 is 2.02. The lowest BCUT2D eigenvalue weighted by Crippen LogP contribution is -2.27. The average molecular weight is 284 g/mol. The largest absolute Gasteiger partial charge is 0.406 e. The average Bonchev–Trinajstić information content (AvgIpc) is 2.76. The second-order valence-corrected chi connectivity index (χ2v) is 7.35. The van der Waals surface area contributed by atoms with Crippen LogP contribution in [-0.2, 0) is 0 Å². The van der Waals surface area contributed by atoms with Crippen molar-refractivity contribution in [3.05, 3.63) is 5.89 Å². The van der Waals surface area contributed by atoms with Crippen molar-refractivity contribution in [2.24, 2.45) is 0 Å². The molecule has 0 bridgehead atoms. The van der Waals surface area contributed by atoms with E-state index in [-0.39, 0.29) is 6.04 Å². The van der Waals surface area contributed by atoms with Crippen LogP contribution in [0.4, 0.5) is 6.01 Å². The molecule has 1 N–H and O–H groups in total. The van der Waals surface area contributed by atoms with Gasteiger partial charge in [0, 0.05) is 23.6 Å². The van der Waals surface area contributed by atoms with E-state index in [1.807, 2.05) is 18.7 Å². The minimum Gasteiger partial charge on any atom is -0.406 e. The SMILES string of the molecule is CCNC(C)c1nnc(N2CCSC(C)(C)CC2)o1. The lowest BCUT2D eigenvalue weighted by Gasteiger charge is -2.21. The third kappa shape index (κ3) is 3.86. The van der Waals surface area contributed by atoms with Crippen molar-refractivity contribution in [2.75, 3.05) is 30.3 Å². The Morgan fingerprint density at radius 3 is 2.95 bits per heavy atom. The maximum absolute atomic E-state index is 5.79. The first-order valence-electron chi connectivity index (χ1n) is 6.97. The second kappa shape index (κ2) is 6.13. The van der Waals surface area contributed by atoms with Gasteiger partial charge in [0.25, 0.3) is 0 Å². The van der Waals surface area contributed by atoms with Gasteiger partial charge in [-0.05, 0) is 19.9 Å². The molecule has 1 aliphatic rings. The molecule has 5 nitrogen and oxygen atoms in total. The second-order valence-electron chi connectivity index (χ2n) is 5.55. The lowest BCUT2D eigenvalue weighted by molar-refractivity contribution is 0.418. The first kappa shape index (κ1) is 14.7. The summed E-state index contributed by atoms with van der Waals surface area (Å²) < 4.78 is 6.14. The Bertz CT molecular complexity index is 407. The molecule has 0 radical (unpaired) electrons. The Balaban J connectivity index is 2.02. The summed E-state index contributed by atoms with van der Waals surface area (Å²) in [6.07, 6.45) is 1.14. The minimum atomic E-state index is 0.115. The zero-order chi connectivity index (χ0) is 13.9. The highest BCUT2D eigenvalue weighted by atomic mass is 32.2. The molecule has 1 saturated heterocycles. The lowest BCUT2D eigenvalue weighted by atomic mass is 10.1. The van der Waals surface area contributed by atoms with Crippen molar-refractivity contribution >= 4 is 17.8 Å². The molecule has 0 saturated carbocycles. The minimum absolute atomic E-state index is 0.115. The van der Waals surface area contributed by atoms with Gasteiger partial charge < -0.3 is 14.6 Å². The molecular weight excluding hydrogens is 260 g/mol. The molecule has 0 amide bonds. The van der Waals surface area contributed by atoms with Gasteiger partial charge in [-0.1, -0.05) is 25.9 Å². The number of nitrogens with one attached hydrogen (secondary N) is 1. The molecule has 1 fully saturated rings. The molecule has 108 valence electrons. The predicted octanol–water partition coefficient (Wildman–Crippen LogP) is 2.46. The van der Waals surface area contributed by atoms with E-state index < -0.39 is 0 Å². The van der Waals surface area contributed by atoms with Gasteiger partial charge >= 0.3 is 6.01 Å². The van der Waals surface area contributed by atoms with Crippen LogP contribution in [0, 0.1) is 0 Å². The first-order valence-corrected chi connectivity index (χ1v) is 7.96. The van der Waals surface area contributed by atoms with Gasteiger partial charge in [0.05, 0.1) is 6.04 Å². The molecule has 19 heavy (non-hydrogen) atoms. The quantitative estimate of drug-likeness (QED) is 0.916. The Morgan fingerprint density at radius 2 is 2.21 bits per heavy atom. The molecule has 1 atom stereocenters. The maximum Gasteiger partial charge on any atom is 0.318 e. The van der Waals surface area contributed by atoms with Crippen LogP contribution in [0.25, 0.3) is 0 Å². The molecule has 1 unspecified atom stereocenters. The molecule has 0 aliphatic carbocycles. The van der Waals surface area contributed by atoms with Crippen LogP contribution in [0.5, 0.6) is 0 Å². The van der Waals surface area contributed by atoms with E-state index in [9.17, 15) is 0 Å². The van der Waals surface area contributed by atoms with Crippen molar-refractivity contribution in [3.8, 4) is 0 Å². The fourth-order valence-corrected chi connectivity index (χ4v) is 3.23. The number of anilines is 1.